The fourth-order valence-corrected chi connectivity index (χ4v) is 2.28. The molecular weight excluding hydrogens is 262 g/mol. The minimum atomic E-state index is -0.396. The van der Waals surface area contributed by atoms with Gasteiger partial charge in [-0.2, -0.15) is 0 Å². The van der Waals surface area contributed by atoms with Crippen LogP contribution in [0.25, 0.3) is 0 Å². The molecule has 1 amide bonds. The number of nitrogens with two attached hydrogens (primary N) is 1. The Morgan fingerprint density at radius 1 is 1.05 bits per heavy atom. The molecule has 0 bridgehead atoms. The Balaban J connectivity index is 2.07. The molecule has 0 aliphatic carbocycles. The largest absolute Gasteiger partial charge is 0.366 e. The third kappa shape index (κ3) is 3.81. The molecule has 4 nitrogen and oxygen atoms in total. The van der Waals surface area contributed by atoms with Crippen LogP contribution in [-0.2, 0) is 6.42 Å². The molecule has 110 valence electrons. The lowest BCUT2D eigenvalue weighted by molar-refractivity contribution is 0.100. The number of hydrogen-bond acceptors (Lipinski definition) is 3. The number of anilines is 1. The molecule has 4 heteroatoms. The van der Waals surface area contributed by atoms with Crippen LogP contribution in [0.2, 0.25) is 0 Å². The lowest BCUT2D eigenvalue weighted by Gasteiger charge is -2.19. The molecule has 0 aliphatic heterocycles. The van der Waals surface area contributed by atoms with Crippen LogP contribution >= 0.6 is 0 Å². The number of carbonyl (C=O) groups excluding carboxylic acids is 1. The maximum Gasteiger partial charge on any atom is 0.248 e. The minimum Gasteiger partial charge on any atom is -0.366 e. The van der Waals surface area contributed by atoms with Crippen molar-refractivity contribution < 1.29 is 4.79 Å². The highest BCUT2D eigenvalue weighted by Crippen LogP contribution is 2.14. The fourth-order valence-electron chi connectivity index (χ4n) is 2.28. The number of amides is 1. The summed E-state index contributed by atoms with van der Waals surface area (Å²) in [5.41, 5.74) is 8.06. The van der Waals surface area contributed by atoms with Crippen LogP contribution in [0, 0.1) is 0 Å². The van der Waals surface area contributed by atoms with Gasteiger partial charge in [-0.05, 0) is 49.6 Å². The highest BCUT2D eigenvalue weighted by molar-refractivity contribution is 5.92. The van der Waals surface area contributed by atoms with Gasteiger partial charge in [-0.15, -0.1) is 0 Å². The van der Waals surface area contributed by atoms with Gasteiger partial charge >= 0.3 is 0 Å². The molecule has 2 N–H and O–H groups in total. The van der Waals surface area contributed by atoms with E-state index in [4.69, 9.17) is 5.73 Å². The van der Waals surface area contributed by atoms with Crippen molar-refractivity contribution in [3.05, 3.63) is 59.3 Å². The second-order valence-corrected chi connectivity index (χ2v) is 4.93. The molecule has 0 radical (unpaired) electrons. The molecule has 0 aliphatic rings. The van der Waals surface area contributed by atoms with Gasteiger partial charge < -0.3 is 10.6 Å². The van der Waals surface area contributed by atoms with Crippen LogP contribution in [-0.4, -0.2) is 24.0 Å². The molecule has 0 spiro atoms. The first-order chi connectivity index (χ1) is 10.1. The van der Waals surface area contributed by atoms with Gasteiger partial charge in [-0.25, -0.2) is 4.98 Å². The first kappa shape index (κ1) is 15.0. The van der Waals surface area contributed by atoms with Crippen LogP contribution in [0.5, 0.6) is 0 Å². The second kappa shape index (κ2) is 6.88. The number of carbonyl (C=O) groups is 1. The molecule has 2 aromatic rings. The van der Waals surface area contributed by atoms with Crippen molar-refractivity contribution in [3.8, 4) is 0 Å². The Hall–Kier alpha value is -2.36. The van der Waals surface area contributed by atoms with Crippen LogP contribution in [0.3, 0.4) is 0 Å². The SMILES string of the molecule is CCN(CC)c1ccc(Cc2ccc(C(N)=O)cc2)cn1. The topological polar surface area (TPSA) is 59.2 Å². The molecule has 1 aromatic carbocycles. The summed E-state index contributed by atoms with van der Waals surface area (Å²) in [4.78, 5) is 17.8. The maximum atomic E-state index is 11.0. The van der Waals surface area contributed by atoms with Gasteiger partial charge in [0.1, 0.15) is 5.82 Å². The third-order valence-corrected chi connectivity index (χ3v) is 3.54. The average molecular weight is 283 g/mol. The number of pyridine rings is 1. The summed E-state index contributed by atoms with van der Waals surface area (Å²) in [5, 5.41) is 0. The smallest absolute Gasteiger partial charge is 0.248 e. The molecular formula is C17H21N3O. The van der Waals surface area contributed by atoms with Gasteiger partial charge in [0.2, 0.25) is 5.91 Å². The van der Waals surface area contributed by atoms with E-state index in [1.54, 1.807) is 12.1 Å². The predicted octanol–water partition coefficient (Wildman–Crippen LogP) is 2.62. The van der Waals surface area contributed by atoms with Crippen LogP contribution in [0.4, 0.5) is 5.82 Å². The molecule has 1 heterocycles. The van der Waals surface area contributed by atoms with E-state index in [1.165, 1.54) is 0 Å². The van der Waals surface area contributed by atoms with Gasteiger partial charge in [0, 0.05) is 24.8 Å². The Morgan fingerprint density at radius 3 is 2.14 bits per heavy atom. The predicted molar refractivity (Wildman–Crippen MR) is 85.6 cm³/mol. The number of benzene rings is 1. The van der Waals surface area contributed by atoms with Crippen molar-refractivity contribution in [3.63, 3.8) is 0 Å². The van der Waals surface area contributed by atoms with Crippen molar-refractivity contribution in [1.82, 2.24) is 4.98 Å². The van der Waals surface area contributed by atoms with Crippen molar-refractivity contribution in [2.75, 3.05) is 18.0 Å². The maximum absolute atomic E-state index is 11.0. The number of aromatic nitrogens is 1. The molecule has 0 fully saturated rings. The highest BCUT2D eigenvalue weighted by atomic mass is 16.1. The Labute approximate surface area is 125 Å². The Bertz CT molecular complexity index is 586. The fraction of sp³-hybridized carbons (Fsp3) is 0.294. The quantitative estimate of drug-likeness (QED) is 0.886. The van der Waals surface area contributed by atoms with Gasteiger partial charge in [0.05, 0.1) is 0 Å². The van der Waals surface area contributed by atoms with Gasteiger partial charge in [0.25, 0.3) is 0 Å². The summed E-state index contributed by atoms with van der Waals surface area (Å²) < 4.78 is 0. The molecule has 0 saturated carbocycles. The van der Waals surface area contributed by atoms with E-state index in [1.807, 2.05) is 18.3 Å². The zero-order valence-electron chi connectivity index (χ0n) is 12.5. The van der Waals surface area contributed by atoms with E-state index in [-0.39, 0.29) is 0 Å². The van der Waals surface area contributed by atoms with E-state index in [0.29, 0.717) is 5.56 Å². The summed E-state index contributed by atoms with van der Waals surface area (Å²) in [5.74, 6) is 0.611. The molecule has 0 saturated heterocycles. The normalized spacial score (nSPS) is 10.4. The van der Waals surface area contributed by atoms with Crippen LogP contribution < -0.4 is 10.6 Å². The molecule has 0 atom stereocenters. The van der Waals surface area contributed by atoms with E-state index in [2.05, 4.69) is 35.9 Å². The minimum absolute atomic E-state index is 0.396. The van der Waals surface area contributed by atoms with Crippen LogP contribution in [0.15, 0.2) is 42.6 Å². The van der Waals surface area contributed by atoms with Gasteiger partial charge in [0.15, 0.2) is 0 Å². The first-order valence-electron chi connectivity index (χ1n) is 7.22. The van der Waals surface area contributed by atoms with Crippen molar-refractivity contribution in [2.24, 2.45) is 5.73 Å². The number of rotatable bonds is 6. The van der Waals surface area contributed by atoms with E-state index < -0.39 is 5.91 Å². The monoisotopic (exact) mass is 283 g/mol. The molecule has 21 heavy (non-hydrogen) atoms. The molecule has 2 rings (SSSR count). The summed E-state index contributed by atoms with van der Waals surface area (Å²) >= 11 is 0. The highest BCUT2D eigenvalue weighted by Gasteiger charge is 2.04. The Morgan fingerprint density at radius 2 is 1.67 bits per heavy atom. The summed E-state index contributed by atoms with van der Waals surface area (Å²) in [7, 11) is 0. The number of primary amides is 1. The molecule has 1 aromatic heterocycles. The lowest BCUT2D eigenvalue weighted by Crippen LogP contribution is -2.22. The van der Waals surface area contributed by atoms with E-state index >= 15 is 0 Å². The molecule has 0 unspecified atom stereocenters. The van der Waals surface area contributed by atoms with E-state index in [0.717, 1.165) is 36.5 Å². The number of nitrogens with zero attached hydrogens (tertiary/aromatic N) is 2. The number of hydrogen-bond donors (Lipinski definition) is 1. The summed E-state index contributed by atoms with van der Waals surface area (Å²) in [6.45, 7) is 6.16. The average Bonchev–Trinajstić information content (AvgIpc) is 2.51. The van der Waals surface area contributed by atoms with Crippen molar-refractivity contribution in [1.29, 1.82) is 0 Å². The third-order valence-electron chi connectivity index (χ3n) is 3.54. The Kier molecular flexibility index (Phi) is 4.93. The van der Waals surface area contributed by atoms with Crippen molar-refractivity contribution in [2.45, 2.75) is 20.3 Å². The summed E-state index contributed by atoms with van der Waals surface area (Å²) in [6.07, 6.45) is 2.71. The summed E-state index contributed by atoms with van der Waals surface area (Å²) in [6, 6.07) is 11.5. The zero-order valence-corrected chi connectivity index (χ0v) is 12.5. The first-order valence-corrected chi connectivity index (χ1v) is 7.22. The zero-order chi connectivity index (χ0) is 15.2. The van der Waals surface area contributed by atoms with Crippen molar-refractivity contribution >= 4 is 11.7 Å². The lowest BCUT2D eigenvalue weighted by atomic mass is 10.0. The second-order valence-electron chi connectivity index (χ2n) is 4.93. The van der Waals surface area contributed by atoms with E-state index in [9.17, 15) is 4.79 Å². The standard InChI is InChI=1S/C17H21N3O/c1-3-20(4-2)16-10-7-14(12-19-16)11-13-5-8-15(9-6-13)17(18)21/h5-10,12H,3-4,11H2,1-2H3,(H2,18,21). The van der Waals surface area contributed by atoms with Gasteiger partial charge in [-0.3, -0.25) is 4.79 Å². The van der Waals surface area contributed by atoms with Gasteiger partial charge in [-0.1, -0.05) is 18.2 Å². The van der Waals surface area contributed by atoms with Crippen LogP contribution in [0.1, 0.15) is 35.3 Å².